The fourth-order valence-corrected chi connectivity index (χ4v) is 2.95. The van der Waals surface area contributed by atoms with Gasteiger partial charge in [-0.1, -0.05) is 35.1 Å². The van der Waals surface area contributed by atoms with Crippen molar-refractivity contribution in [2.45, 2.75) is 17.9 Å². The summed E-state index contributed by atoms with van der Waals surface area (Å²) >= 11 is 1.48. The highest BCUT2D eigenvalue weighted by atomic mass is 32.2. The highest BCUT2D eigenvalue weighted by Gasteiger charge is 2.10. The Morgan fingerprint density at radius 1 is 1.04 bits per heavy atom. The lowest BCUT2D eigenvalue weighted by Gasteiger charge is -2.00. The number of thioether (sulfide) groups is 1. The van der Waals surface area contributed by atoms with Gasteiger partial charge >= 0.3 is 0 Å². The Hall–Kier alpha value is -3.00. The van der Waals surface area contributed by atoms with E-state index in [1.165, 1.54) is 11.8 Å². The topological polar surface area (TPSA) is 90.7 Å². The smallest absolute Gasteiger partial charge is 0.277 e. The Morgan fingerprint density at radius 3 is 2.72 bits per heavy atom. The molecule has 25 heavy (non-hydrogen) atoms. The van der Waals surface area contributed by atoms with Crippen molar-refractivity contribution in [2.24, 2.45) is 0 Å². The third kappa shape index (κ3) is 3.58. The SMILES string of the molecule is Cc1nc(-c2cccc(CSc3nnc(-c4ccncc4)o3)c2)no1. The van der Waals surface area contributed by atoms with Crippen LogP contribution in [0, 0.1) is 6.92 Å². The van der Waals surface area contributed by atoms with Gasteiger partial charge in [0.2, 0.25) is 17.6 Å². The lowest BCUT2D eigenvalue weighted by molar-refractivity contribution is 0.394. The fourth-order valence-electron chi connectivity index (χ4n) is 2.24. The van der Waals surface area contributed by atoms with Crippen molar-refractivity contribution < 1.29 is 8.94 Å². The van der Waals surface area contributed by atoms with Gasteiger partial charge in [-0.15, -0.1) is 10.2 Å². The first-order valence-corrected chi connectivity index (χ1v) is 8.53. The molecule has 3 heterocycles. The van der Waals surface area contributed by atoms with Crippen LogP contribution in [0.4, 0.5) is 0 Å². The van der Waals surface area contributed by atoms with Crippen LogP contribution < -0.4 is 0 Å². The zero-order chi connectivity index (χ0) is 17.1. The molecule has 0 saturated heterocycles. The minimum absolute atomic E-state index is 0.487. The maximum atomic E-state index is 5.68. The predicted molar refractivity (Wildman–Crippen MR) is 91.6 cm³/mol. The minimum Gasteiger partial charge on any atom is -0.411 e. The molecular formula is C17H13N5O2S. The number of aromatic nitrogens is 5. The van der Waals surface area contributed by atoms with Crippen LogP contribution in [-0.4, -0.2) is 25.3 Å². The normalized spacial score (nSPS) is 10.9. The summed E-state index contributed by atoms with van der Waals surface area (Å²) in [5.41, 5.74) is 2.87. The van der Waals surface area contributed by atoms with Crippen molar-refractivity contribution in [3.8, 4) is 22.8 Å². The van der Waals surface area contributed by atoms with Crippen molar-refractivity contribution in [1.82, 2.24) is 25.3 Å². The van der Waals surface area contributed by atoms with E-state index in [9.17, 15) is 0 Å². The monoisotopic (exact) mass is 351 g/mol. The van der Waals surface area contributed by atoms with Gasteiger partial charge in [-0.2, -0.15) is 4.98 Å². The number of rotatable bonds is 5. The van der Waals surface area contributed by atoms with Crippen molar-refractivity contribution in [2.75, 3.05) is 0 Å². The third-order valence-electron chi connectivity index (χ3n) is 3.41. The molecule has 0 aliphatic rings. The zero-order valence-corrected chi connectivity index (χ0v) is 14.1. The average molecular weight is 351 g/mol. The summed E-state index contributed by atoms with van der Waals surface area (Å²) in [5.74, 6) is 2.31. The summed E-state index contributed by atoms with van der Waals surface area (Å²) in [6.07, 6.45) is 3.38. The van der Waals surface area contributed by atoms with E-state index < -0.39 is 0 Å². The summed E-state index contributed by atoms with van der Waals surface area (Å²) in [4.78, 5) is 8.22. The van der Waals surface area contributed by atoms with Gasteiger partial charge in [0.05, 0.1) is 0 Å². The second-order valence-corrected chi connectivity index (χ2v) is 6.16. The molecule has 0 aliphatic heterocycles. The first-order valence-electron chi connectivity index (χ1n) is 7.54. The summed E-state index contributed by atoms with van der Waals surface area (Å²) in [6.45, 7) is 1.77. The quantitative estimate of drug-likeness (QED) is 0.502. The third-order valence-corrected chi connectivity index (χ3v) is 4.30. The molecule has 8 heteroatoms. The average Bonchev–Trinajstić information content (AvgIpc) is 3.30. The highest BCUT2D eigenvalue weighted by Crippen LogP contribution is 2.26. The Kier molecular flexibility index (Phi) is 4.26. The number of hydrogen-bond donors (Lipinski definition) is 0. The number of aryl methyl sites for hydroxylation is 1. The van der Waals surface area contributed by atoms with Crippen molar-refractivity contribution in [3.63, 3.8) is 0 Å². The van der Waals surface area contributed by atoms with Gasteiger partial charge in [0.1, 0.15) is 0 Å². The largest absolute Gasteiger partial charge is 0.411 e. The summed E-state index contributed by atoms with van der Waals surface area (Å²) < 4.78 is 10.7. The van der Waals surface area contributed by atoms with Crippen LogP contribution in [0.25, 0.3) is 22.8 Å². The van der Waals surface area contributed by atoms with E-state index in [2.05, 4.69) is 25.3 Å². The predicted octanol–water partition coefficient (Wildman–Crippen LogP) is 3.78. The van der Waals surface area contributed by atoms with Gasteiger partial charge < -0.3 is 8.94 Å². The number of nitrogens with zero attached hydrogens (tertiary/aromatic N) is 5. The molecule has 3 aromatic heterocycles. The molecule has 0 saturated carbocycles. The molecule has 0 fully saturated rings. The van der Waals surface area contributed by atoms with Crippen molar-refractivity contribution in [3.05, 3.63) is 60.2 Å². The van der Waals surface area contributed by atoms with Crippen molar-refractivity contribution in [1.29, 1.82) is 0 Å². The van der Waals surface area contributed by atoms with E-state index in [1.54, 1.807) is 19.3 Å². The Labute approximate surface area is 147 Å². The minimum atomic E-state index is 0.487. The van der Waals surface area contributed by atoms with E-state index in [0.717, 1.165) is 16.7 Å². The maximum absolute atomic E-state index is 5.68. The molecule has 0 atom stereocenters. The molecule has 0 spiro atoms. The molecule has 0 unspecified atom stereocenters. The van der Waals surface area contributed by atoms with Crippen molar-refractivity contribution >= 4 is 11.8 Å². The Bertz CT molecular complexity index is 983. The van der Waals surface area contributed by atoms with E-state index >= 15 is 0 Å². The fraction of sp³-hybridized carbons (Fsp3) is 0.118. The first-order chi connectivity index (χ1) is 12.3. The molecule has 0 amide bonds. The van der Waals surface area contributed by atoms with E-state index in [0.29, 0.717) is 28.6 Å². The Balaban J connectivity index is 1.46. The number of benzene rings is 1. The van der Waals surface area contributed by atoms with Crippen LogP contribution in [0.3, 0.4) is 0 Å². The van der Waals surface area contributed by atoms with Crippen LogP contribution in [-0.2, 0) is 5.75 Å². The van der Waals surface area contributed by atoms with E-state index in [-0.39, 0.29) is 0 Å². The first kappa shape index (κ1) is 15.5. The second kappa shape index (κ2) is 6.86. The van der Waals surface area contributed by atoms with Crippen LogP contribution >= 0.6 is 11.8 Å². The van der Waals surface area contributed by atoms with Crippen LogP contribution in [0.5, 0.6) is 0 Å². The maximum Gasteiger partial charge on any atom is 0.277 e. The summed E-state index contributed by atoms with van der Waals surface area (Å²) in [6, 6.07) is 11.6. The zero-order valence-electron chi connectivity index (χ0n) is 13.3. The number of hydrogen-bond acceptors (Lipinski definition) is 8. The molecular weight excluding hydrogens is 338 g/mol. The number of pyridine rings is 1. The molecule has 0 N–H and O–H groups in total. The van der Waals surface area contributed by atoms with Crippen LogP contribution in [0.2, 0.25) is 0 Å². The van der Waals surface area contributed by atoms with Crippen LogP contribution in [0.15, 0.2) is 63.0 Å². The lowest BCUT2D eigenvalue weighted by Crippen LogP contribution is -1.85. The molecule has 7 nitrogen and oxygen atoms in total. The molecule has 1 aromatic carbocycles. The van der Waals surface area contributed by atoms with Gasteiger partial charge in [-0.05, 0) is 23.8 Å². The molecule has 0 bridgehead atoms. The van der Waals surface area contributed by atoms with E-state index in [4.69, 9.17) is 8.94 Å². The van der Waals surface area contributed by atoms with E-state index in [1.807, 2.05) is 36.4 Å². The Morgan fingerprint density at radius 2 is 1.92 bits per heavy atom. The lowest BCUT2D eigenvalue weighted by atomic mass is 10.1. The molecule has 0 radical (unpaired) electrons. The summed E-state index contributed by atoms with van der Waals surface area (Å²) in [5, 5.41) is 12.6. The van der Waals surface area contributed by atoms with Gasteiger partial charge in [0.25, 0.3) is 5.22 Å². The molecule has 0 aliphatic carbocycles. The molecule has 124 valence electrons. The molecule has 4 aromatic rings. The van der Waals surface area contributed by atoms with Gasteiger partial charge in [-0.25, -0.2) is 0 Å². The van der Waals surface area contributed by atoms with Gasteiger partial charge in [0, 0.05) is 36.2 Å². The van der Waals surface area contributed by atoms with Crippen LogP contribution in [0.1, 0.15) is 11.5 Å². The molecule has 4 rings (SSSR count). The summed E-state index contributed by atoms with van der Waals surface area (Å²) in [7, 11) is 0. The standard InChI is InChI=1S/C17H13N5O2S/c1-11-19-15(22-24-11)14-4-2-3-12(9-14)10-25-17-21-20-16(23-17)13-5-7-18-8-6-13/h2-9H,10H2,1H3. The highest BCUT2D eigenvalue weighted by molar-refractivity contribution is 7.98. The van der Waals surface area contributed by atoms with Gasteiger partial charge in [0.15, 0.2) is 0 Å². The van der Waals surface area contributed by atoms with Gasteiger partial charge in [-0.3, -0.25) is 4.98 Å². The second-order valence-electron chi connectivity index (χ2n) is 5.24.